The van der Waals surface area contributed by atoms with Crippen molar-refractivity contribution in [2.45, 2.75) is 31.5 Å². The standard InChI is InChI=1S/C23H29N3O2/c1-28-21-11-7-18(8-12-21)17-25-13-15-26(16-14-25)22(19-5-3-2-4-6-19)23(27)24-20-9-10-20/h2-8,11-12,20,22H,9-10,13-17H2,1H3,(H,24,27)/t22-/m0/s1. The van der Waals surface area contributed by atoms with E-state index in [4.69, 9.17) is 4.74 Å². The quantitative estimate of drug-likeness (QED) is 0.804. The second-order valence-corrected chi connectivity index (χ2v) is 7.76. The van der Waals surface area contributed by atoms with Gasteiger partial charge in [-0.2, -0.15) is 0 Å². The minimum atomic E-state index is -0.190. The summed E-state index contributed by atoms with van der Waals surface area (Å²) in [6.07, 6.45) is 2.23. The van der Waals surface area contributed by atoms with E-state index in [1.54, 1.807) is 7.11 Å². The minimum absolute atomic E-state index is 0.150. The number of methoxy groups -OCH3 is 1. The van der Waals surface area contributed by atoms with Crippen molar-refractivity contribution in [3.63, 3.8) is 0 Å². The van der Waals surface area contributed by atoms with Gasteiger partial charge in [0.05, 0.1) is 7.11 Å². The molecule has 1 heterocycles. The molecule has 2 aliphatic rings. The molecule has 4 rings (SSSR count). The smallest absolute Gasteiger partial charge is 0.242 e. The Balaban J connectivity index is 1.38. The van der Waals surface area contributed by atoms with Crippen LogP contribution < -0.4 is 10.1 Å². The summed E-state index contributed by atoms with van der Waals surface area (Å²) < 4.78 is 5.24. The van der Waals surface area contributed by atoms with Gasteiger partial charge in [0.25, 0.3) is 0 Å². The van der Waals surface area contributed by atoms with Gasteiger partial charge in [0, 0.05) is 38.8 Å². The van der Waals surface area contributed by atoms with Crippen LogP contribution in [-0.2, 0) is 11.3 Å². The van der Waals surface area contributed by atoms with Crippen LogP contribution in [0.5, 0.6) is 5.75 Å². The molecule has 0 bridgehead atoms. The summed E-state index contributed by atoms with van der Waals surface area (Å²) >= 11 is 0. The van der Waals surface area contributed by atoms with Crippen molar-refractivity contribution in [1.82, 2.24) is 15.1 Å². The summed E-state index contributed by atoms with van der Waals surface area (Å²) in [7, 11) is 1.69. The Labute approximate surface area is 167 Å². The molecule has 0 radical (unpaired) electrons. The van der Waals surface area contributed by atoms with Crippen molar-refractivity contribution in [2.24, 2.45) is 0 Å². The second-order valence-electron chi connectivity index (χ2n) is 7.76. The summed E-state index contributed by atoms with van der Waals surface area (Å²) in [5.74, 6) is 1.04. The van der Waals surface area contributed by atoms with E-state index >= 15 is 0 Å². The number of carbonyl (C=O) groups excluding carboxylic acids is 1. The van der Waals surface area contributed by atoms with E-state index in [1.807, 2.05) is 30.3 Å². The van der Waals surface area contributed by atoms with Gasteiger partial charge in [0.15, 0.2) is 0 Å². The predicted molar refractivity (Wildman–Crippen MR) is 110 cm³/mol. The van der Waals surface area contributed by atoms with Gasteiger partial charge in [-0.3, -0.25) is 14.6 Å². The summed E-state index contributed by atoms with van der Waals surface area (Å²) in [5, 5.41) is 3.21. The number of benzene rings is 2. The number of ether oxygens (including phenoxy) is 1. The Morgan fingerprint density at radius 2 is 1.71 bits per heavy atom. The maximum atomic E-state index is 12.9. The zero-order chi connectivity index (χ0) is 19.3. The topological polar surface area (TPSA) is 44.8 Å². The predicted octanol–water partition coefficient (Wildman–Crippen LogP) is 2.83. The maximum Gasteiger partial charge on any atom is 0.242 e. The first-order chi connectivity index (χ1) is 13.7. The summed E-state index contributed by atoms with van der Waals surface area (Å²) in [4.78, 5) is 17.7. The monoisotopic (exact) mass is 379 g/mol. The normalized spacial score (nSPS) is 19.2. The van der Waals surface area contributed by atoms with Crippen LogP contribution in [0.4, 0.5) is 0 Å². The van der Waals surface area contributed by atoms with E-state index in [9.17, 15) is 4.79 Å². The highest BCUT2D eigenvalue weighted by Gasteiger charge is 2.33. The highest BCUT2D eigenvalue weighted by molar-refractivity contribution is 5.83. The van der Waals surface area contributed by atoms with Crippen LogP contribution in [0.25, 0.3) is 0 Å². The molecule has 0 unspecified atom stereocenters. The Morgan fingerprint density at radius 3 is 2.32 bits per heavy atom. The van der Waals surface area contributed by atoms with Crippen molar-refractivity contribution in [1.29, 1.82) is 0 Å². The van der Waals surface area contributed by atoms with Crippen LogP contribution in [0.3, 0.4) is 0 Å². The Morgan fingerprint density at radius 1 is 1.04 bits per heavy atom. The molecule has 28 heavy (non-hydrogen) atoms. The van der Waals surface area contributed by atoms with Crippen molar-refractivity contribution in [3.05, 3.63) is 65.7 Å². The molecule has 1 aliphatic heterocycles. The van der Waals surface area contributed by atoms with Gasteiger partial charge in [-0.05, 0) is 36.1 Å². The Kier molecular flexibility index (Phi) is 5.93. The number of rotatable bonds is 7. The van der Waals surface area contributed by atoms with E-state index < -0.39 is 0 Å². The Hall–Kier alpha value is -2.37. The largest absolute Gasteiger partial charge is 0.497 e. The zero-order valence-electron chi connectivity index (χ0n) is 16.5. The molecule has 1 N–H and O–H groups in total. The van der Waals surface area contributed by atoms with E-state index in [1.165, 1.54) is 5.56 Å². The van der Waals surface area contributed by atoms with Crippen LogP contribution >= 0.6 is 0 Å². The molecule has 1 aliphatic carbocycles. The molecule has 148 valence electrons. The van der Waals surface area contributed by atoms with Gasteiger partial charge in [-0.15, -0.1) is 0 Å². The second kappa shape index (κ2) is 8.76. The number of hydrogen-bond donors (Lipinski definition) is 1. The zero-order valence-corrected chi connectivity index (χ0v) is 16.5. The van der Waals surface area contributed by atoms with E-state index in [2.05, 4.69) is 39.4 Å². The summed E-state index contributed by atoms with van der Waals surface area (Å²) in [5.41, 5.74) is 2.38. The van der Waals surface area contributed by atoms with Crippen LogP contribution in [0.1, 0.15) is 30.0 Å². The van der Waals surface area contributed by atoms with E-state index in [0.29, 0.717) is 6.04 Å². The van der Waals surface area contributed by atoms with Gasteiger partial charge < -0.3 is 10.1 Å². The lowest BCUT2D eigenvalue weighted by Crippen LogP contribution is -2.50. The number of hydrogen-bond acceptors (Lipinski definition) is 4. The van der Waals surface area contributed by atoms with E-state index in [0.717, 1.165) is 56.9 Å². The van der Waals surface area contributed by atoms with Crippen LogP contribution in [0, 0.1) is 0 Å². The molecular weight excluding hydrogens is 350 g/mol. The van der Waals surface area contributed by atoms with Crippen molar-refractivity contribution in [2.75, 3.05) is 33.3 Å². The average molecular weight is 380 g/mol. The fourth-order valence-electron chi connectivity index (χ4n) is 3.84. The summed E-state index contributed by atoms with van der Waals surface area (Å²) in [6, 6.07) is 18.7. The average Bonchev–Trinajstić information content (AvgIpc) is 3.55. The van der Waals surface area contributed by atoms with Gasteiger partial charge in [-0.25, -0.2) is 0 Å². The summed E-state index contributed by atoms with van der Waals surface area (Å²) in [6.45, 7) is 4.65. The lowest BCUT2D eigenvalue weighted by Gasteiger charge is -2.39. The molecule has 1 saturated carbocycles. The number of amides is 1. The molecule has 5 nitrogen and oxygen atoms in total. The highest BCUT2D eigenvalue weighted by Crippen LogP contribution is 2.26. The number of piperazine rings is 1. The lowest BCUT2D eigenvalue weighted by atomic mass is 10.0. The van der Waals surface area contributed by atoms with Crippen LogP contribution in [0.15, 0.2) is 54.6 Å². The van der Waals surface area contributed by atoms with E-state index in [-0.39, 0.29) is 11.9 Å². The minimum Gasteiger partial charge on any atom is -0.497 e. The van der Waals surface area contributed by atoms with Crippen molar-refractivity contribution in [3.8, 4) is 5.75 Å². The van der Waals surface area contributed by atoms with Crippen molar-refractivity contribution >= 4 is 5.91 Å². The number of nitrogens with one attached hydrogen (secondary N) is 1. The molecule has 2 aromatic rings. The molecule has 2 aromatic carbocycles. The molecular formula is C23H29N3O2. The maximum absolute atomic E-state index is 12.9. The SMILES string of the molecule is COc1ccc(CN2CCN([C@H](C(=O)NC3CC3)c3ccccc3)CC2)cc1. The molecule has 1 amide bonds. The van der Waals surface area contributed by atoms with Gasteiger partial charge in [0.1, 0.15) is 11.8 Å². The first-order valence-electron chi connectivity index (χ1n) is 10.2. The third kappa shape index (κ3) is 4.72. The molecule has 5 heteroatoms. The number of nitrogens with zero attached hydrogens (tertiary/aromatic N) is 2. The Bertz CT molecular complexity index is 766. The number of carbonyl (C=O) groups is 1. The fourth-order valence-corrected chi connectivity index (χ4v) is 3.84. The first-order valence-corrected chi connectivity index (χ1v) is 10.2. The van der Waals surface area contributed by atoms with Gasteiger partial charge >= 0.3 is 0 Å². The van der Waals surface area contributed by atoms with Crippen LogP contribution in [0.2, 0.25) is 0 Å². The van der Waals surface area contributed by atoms with Gasteiger partial charge in [-0.1, -0.05) is 42.5 Å². The lowest BCUT2D eigenvalue weighted by molar-refractivity contribution is -0.127. The molecule has 1 atom stereocenters. The van der Waals surface area contributed by atoms with Crippen molar-refractivity contribution < 1.29 is 9.53 Å². The van der Waals surface area contributed by atoms with Crippen LogP contribution in [-0.4, -0.2) is 55.0 Å². The molecule has 1 saturated heterocycles. The fraction of sp³-hybridized carbons (Fsp3) is 0.435. The molecule has 0 spiro atoms. The third-order valence-corrected chi connectivity index (χ3v) is 5.62. The van der Waals surface area contributed by atoms with Gasteiger partial charge in [0.2, 0.25) is 5.91 Å². The third-order valence-electron chi connectivity index (χ3n) is 5.62. The molecule has 2 fully saturated rings. The first kappa shape index (κ1) is 19.0. The highest BCUT2D eigenvalue weighted by atomic mass is 16.5. The molecule has 0 aromatic heterocycles.